The van der Waals surface area contributed by atoms with Crippen molar-refractivity contribution in [3.8, 4) is 0 Å². The molecule has 1 N–H and O–H groups in total. The highest BCUT2D eigenvalue weighted by Crippen LogP contribution is 2.34. The van der Waals surface area contributed by atoms with Gasteiger partial charge in [-0.05, 0) is 23.3 Å². The molecule has 14 heavy (non-hydrogen) atoms. The van der Waals surface area contributed by atoms with Gasteiger partial charge in [0.05, 0.1) is 12.6 Å². The molecule has 1 aliphatic carbocycles. The first-order chi connectivity index (χ1) is 6.93. The van der Waals surface area contributed by atoms with Gasteiger partial charge in [0.2, 0.25) is 0 Å². The third kappa shape index (κ3) is 1.64. The molecule has 1 aliphatic heterocycles. The average molecular weight is 211 g/mol. The molecule has 1 aromatic heterocycles. The Hall–Kier alpha value is -0.620. The van der Waals surface area contributed by atoms with Gasteiger partial charge in [0.15, 0.2) is 5.82 Å². The summed E-state index contributed by atoms with van der Waals surface area (Å²) in [4.78, 5) is 0. The lowest BCUT2D eigenvalue weighted by Crippen LogP contribution is -2.40. The predicted octanol–water partition coefficient (Wildman–Crippen LogP) is 0.213. The van der Waals surface area contributed by atoms with Crippen LogP contribution in [0.1, 0.15) is 24.7 Å². The van der Waals surface area contributed by atoms with Crippen LogP contribution < -0.4 is 5.32 Å². The number of thioether (sulfide) groups is 1. The minimum absolute atomic E-state index is 0.581. The van der Waals surface area contributed by atoms with Gasteiger partial charge in [-0.2, -0.15) is 11.8 Å². The second-order valence-electron chi connectivity index (χ2n) is 3.89. The summed E-state index contributed by atoms with van der Waals surface area (Å²) >= 11 is 1.98. The first-order valence-electron chi connectivity index (χ1n) is 5.01. The van der Waals surface area contributed by atoms with Crippen LogP contribution >= 0.6 is 11.8 Å². The fourth-order valence-electron chi connectivity index (χ4n) is 1.52. The van der Waals surface area contributed by atoms with Gasteiger partial charge in [-0.3, -0.25) is 0 Å². The predicted molar refractivity (Wildman–Crippen MR) is 54.0 cm³/mol. The Kier molecular flexibility index (Phi) is 2.17. The second kappa shape index (κ2) is 3.51. The fraction of sp³-hybridized carbons (Fsp3) is 0.875. The Labute approximate surface area is 86.6 Å². The van der Waals surface area contributed by atoms with Gasteiger partial charge in [-0.1, -0.05) is 0 Å². The molecule has 2 fully saturated rings. The van der Waals surface area contributed by atoms with Crippen molar-refractivity contribution in [1.82, 2.24) is 25.5 Å². The molecule has 6 heteroatoms. The van der Waals surface area contributed by atoms with E-state index in [-0.39, 0.29) is 0 Å². The van der Waals surface area contributed by atoms with Gasteiger partial charge in [0.1, 0.15) is 0 Å². The summed E-state index contributed by atoms with van der Waals surface area (Å²) in [5, 5.41) is 15.2. The molecule has 5 nitrogen and oxygen atoms in total. The normalized spacial score (nSPS) is 22.3. The molecule has 0 unspecified atom stereocenters. The third-order valence-corrected chi connectivity index (χ3v) is 3.92. The topological polar surface area (TPSA) is 55.6 Å². The van der Waals surface area contributed by atoms with Crippen LogP contribution in [-0.2, 0) is 6.54 Å². The summed E-state index contributed by atoms with van der Waals surface area (Å²) in [6.45, 7) is 0.814. The maximum atomic E-state index is 4.04. The number of tetrazole rings is 1. The van der Waals surface area contributed by atoms with Crippen molar-refractivity contribution in [3.63, 3.8) is 0 Å². The highest BCUT2D eigenvalue weighted by Gasteiger charge is 2.28. The van der Waals surface area contributed by atoms with Crippen LogP contribution in [0.4, 0.5) is 0 Å². The summed E-state index contributed by atoms with van der Waals surface area (Å²) in [5.74, 6) is 3.44. The first kappa shape index (κ1) is 8.67. The Morgan fingerprint density at radius 2 is 2.29 bits per heavy atom. The number of hydrogen-bond acceptors (Lipinski definition) is 5. The molecular weight excluding hydrogens is 198 g/mol. The zero-order chi connectivity index (χ0) is 9.38. The monoisotopic (exact) mass is 211 g/mol. The SMILES string of the molecule is C(NC1CSC1)c1nnnn1C1CC1. The standard InChI is InChI=1S/C8H13N5S/c1-2-7(1)13-8(10-11-12-13)3-9-6-4-14-5-6/h6-7,9H,1-5H2. The molecule has 0 radical (unpaired) electrons. The van der Waals surface area contributed by atoms with Gasteiger partial charge in [0, 0.05) is 17.5 Å². The van der Waals surface area contributed by atoms with Crippen LogP contribution in [0.2, 0.25) is 0 Å². The smallest absolute Gasteiger partial charge is 0.165 e. The van der Waals surface area contributed by atoms with E-state index in [9.17, 15) is 0 Å². The Morgan fingerprint density at radius 3 is 2.93 bits per heavy atom. The third-order valence-electron chi connectivity index (χ3n) is 2.64. The molecule has 2 heterocycles. The maximum Gasteiger partial charge on any atom is 0.165 e. The fourth-order valence-corrected chi connectivity index (χ4v) is 2.23. The number of rotatable bonds is 4. The van der Waals surface area contributed by atoms with E-state index in [2.05, 4.69) is 20.8 Å². The number of nitrogens with one attached hydrogen (secondary N) is 1. The molecule has 0 bridgehead atoms. The minimum atomic E-state index is 0.581. The van der Waals surface area contributed by atoms with Gasteiger partial charge in [-0.15, -0.1) is 5.10 Å². The van der Waals surface area contributed by atoms with Crippen molar-refractivity contribution < 1.29 is 0 Å². The van der Waals surface area contributed by atoms with Gasteiger partial charge >= 0.3 is 0 Å². The lowest BCUT2D eigenvalue weighted by Gasteiger charge is -2.25. The largest absolute Gasteiger partial charge is 0.305 e. The van der Waals surface area contributed by atoms with E-state index in [0.717, 1.165) is 12.4 Å². The molecule has 1 saturated heterocycles. The van der Waals surface area contributed by atoms with Crippen LogP contribution in [0.25, 0.3) is 0 Å². The molecule has 0 aromatic carbocycles. The summed E-state index contributed by atoms with van der Waals surface area (Å²) in [7, 11) is 0. The van der Waals surface area contributed by atoms with Crippen LogP contribution in [0, 0.1) is 0 Å². The minimum Gasteiger partial charge on any atom is -0.305 e. The van der Waals surface area contributed by atoms with Gasteiger partial charge in [-0.25, -0.2) is 4.68 Å². The lowest BCUT2D eigenvalue weighted by atomic mass is 10.3. The molecule has 1 saturated carbocycles. The summed E-state index contributed by atoms with van der Waals surface area (Å²) < 4.78 is 1.97. The Balaban J connectivity index is 1.60. The van der Waals surface area contributed by atoms with E-state index in [1.807, 2.05) is 16.4 Å². The number of hydrogen-bond donors (Lipinski definition) is 1. The molecule has 0 amide bonds. The molecule has 0 spiro atoms. The first-order valence-corrected chi connectivity index (χ1v) is 6.17. The van der Waals surface area contributed by atoms with E-state index in [0.29, 0.717) is 12.1 Å². The van der Waals surface area contributed by atoms with Crippen molar-refractivity contribution in [1.29, 1.82) is 0 Å². The molecule has 3 rings (SSSR count). The highest BCUT2D eigenvalue weighted by molar-refractivity contribution is 8.00. The van der Waals surface area contributed by atoms with E-state index in [1.54, 1.807) is 0 Å². The Morgan fingerprint density at radius 1 is 1.43 bits per heavy atom. The van der Waals surface area contributed by atoms with Crippen molar-refractivity contribution >= 4 is 11.8 Å². The number of nitrogens with zero attached hydrogens (tertiary/aromatic N) is 4. The summed E-state index contributed by atoms with van der Waals surface area (Å²) in [6.07, 6.45) is 2.47. The van der Waals surface area contributed by atoms with E-state index in [1.165, 1.54) is 24.3 Å². The van der Waals surface area contributed by atoms with Crippen molar-refractivity contribution in [2.45, 2.75) is 31.5 Å². The van der Waals surface area contributed by atoms with E-state index < -0.39 is 0 Å². The molecule has 76 valence electrons. The zero-order valence-electron chi connectivity index (χ0n) is 7.89. The molecule has 1 aromatic rings. The van der Waals surface area contributed by atoms with Crippen LogP contribution in [0.3, 0.4) is 0 Å². The second-order valence-corrected chi connectivity index (χ2v) is 4.96. The summed E-state index contributed by atoms with van der Waals surface area (Å²) in [6, 6.07) is 1.25. The quantitative estimate of drug-likeness (QED) is 0.771. The average Bonchev–Trinajstić information content (AvgIpc) is 2.85. The van der Waals surface area contributed by atoms with Crippen molar-refractivity contribution in [2.24, 2.45) is 0 Å². The zero-order valence-corrected chi connectivity index (χ0v) is 8.70. The van der Waals surface area contributed by atoms with Crippen molar-refractivity contribution in [2.75, 3.05) is 11.5 Å². The number of aromatic nitrogens is 4. The van der Waals surface area contributed by atoms with Crippen LogP contribution in [0.5, 0.6) is 0 Å². The van der Waals surface area contributed by atoms with Gasteiger partial charge in [0.25, 0.3) is 0 Å². The van der Waals surface area contributed by atoms with E-state index in [4.69, 9.17) is 0 Å². The molecule has 2 aliphatic rings. The molecular formula is C8H13N5S. The van der Waals surface area contributed by atoms with E-state index >= 15 is 0 Å². The Bertz CT molecular complexity index is 317. The highest BCUT2D eigenvalue weighted by atomic mass is 32.2. The van der Waals surface area contributed by atoms with Crippen LogP contribution in [-0.4, -0.2) is 37.8 Å². The van der Waals surface area contributed by atoms with Crippen molar-refractivity contribution in [3.05, 3.63) is 5.82 Å². The summed E-state index contributed by atoms with van der Waals surface area (Å²) in [5.41, 5.74) is 0. The maximum absolute atomic E-state index is 4.04. The molecule has 0 atom stereocenters. The van der Waals surface area contributed by atoms with Crippen LogP contribution in [0.15, 0.2) is 0 Å². The lowest BCUT2D eigenvalue weighted by molar-refractivity contribution is 0.521. The van der Waals surface area contributed by atoms with Gasteiger partial charge < -0.3 is 5.32 Å².